The molecule has 106 valence electrons. The van der Waals surface area contributed by atoms with Crippen LogP contribution in [0.25, 0.3) is 0 Å². The number of carbonyl (C=O) groups is 1. The van der Waals surface area contributed by atoms with Crippen LogP contribution >= 0.6 is 0 Å². The summed E-state index contributed by atoms with van der Waals surface area (Å²) >= 11 is 0. The van der Waals surface area contributed by atoms with Gasteiger partial charge in [-0.05, 0) is 24.3 Å². The van der Waals surface area contributed by atoms with Gasteiger partial charge in [0.15, 0.2) is 5.78 Å². The van der Waals surface area contributed by atoms with E-state index in [9.17, 15) is 20.0 Å². The maximum Gasteiger partial charge on any atom is 0.269 e. The zero-order chi connectivity index (χ0) is 15.2. The highest BCUT2D eigenvalue weighted by Crippen LogP contribution is 2.17. The Kier molecular flexibility index (Phi) is 4.30. The molecule has 0 aliphatic heterocycles. The van der Waals surface area contributed by atoms with Gasteiger partial charge in [0.25, 0.3) is 5.69 Å². The molecule has 2 rings (SSSR count). The van der Waals surface area contributed by atoms with E-state index in [0.29, 0.717) is 5.69 Å². The van der Waals surface area contributed by atoms with Crippen LogP contribution in [0.5, 0.6) is 5.75 Å². The molecule has 0 aromatic heterocycles. The van der Waals surface area contributed by atoms with Crippen molar-refractivity contribution in [1.29, 1.82) is 0 Å². The van der Waals surface area contributed by atoms with Crippen LogP contribution in [0.2, 0.25) is 0 Å². The number of nitrogens with zero attached hydrogens (tertiary/aromatic N) is 1. The number of nitro benzene ring substituents is 1. The number of carbonyl (C=O) groups excluding carboxylic acids is 1. The van der Waals surface area contributed by atoms with Gasteiger partial charge in [-0.2, -0.15) is 0 Å². The van der Waals surface area contributed by atoms with Crippen molar-refractivity contribution >= 4 is 17.2 Å². The molecule has 0 radical (unpaired) electrons. The van der Waals surface area contributed by atoms with Crippen molar-refractivity contribution in [3.8, 4) is 5.75 Å². The van der Waals surface area contributed by atoms with Crippen LogP contribution in [0.1, 0.15) is 10.4 Å². The number of ketones is 1. The van der Waals surface area contributed by atoms with Crippen LogP contribution in [0.3, 0.4) is 0 Å². The quantitative estimate of drug-likeness (QED) is 0.381. The van der Waals surface area contributed by atoms with Gasteiger partial charge in [-0.3, -0.25) is 14.9 Å². The van der Waals surface area contributed by atoms with E-state index in [1.165, 1.54) is 48.7 Å². The normalized spacial score (nSPS) is 10.5. The van der Waals surface area contributed by atoms with Crippen molar-refractivity contribution in [2.75, 3.05) is 5.32 Å². The van der Waals surface area contributed by atoms with Gasteiger partial charge in [0.1, 0.15) is 5.75 Å². The Labute approximate surface area is 120 Å². The number of para-hydroxylation sites is 1. The lowest BCUT2D eigenvalue weighted by Crippen LogP contribution is -1.96. The van der Waals surface area contributed by atoms with Crippen molar-refractivity contribution < 1.29 is 14.8 Å². The second kappa shape index (κ2) is 6.33. The minimum absolute atomic E-state index is 0.00480. The molecule has 2 N–H and O–H groups in total. The number of hydrogen-bond acceptors (Lipinski definition) is 5. The first-order valence-electron chi connectivity index (χ1n) is 6.08. The molecule has 21 heavy (non-hydrogen) atoms. The zero-order valence-electron chi connectivity index (χ0n) is 10.9. The van der Waals surface area contributed by atoms with Crippen LogP contribution in [-0.4, -0.2) is 15.8 Å². The fourth-order valence-electron chi connectivity index (χ4n) is 1.66. The van der Waals surface area contributed by atoms with Gasteiger partial charge in [-0.15, -0.1) is 0 Å². The molecule has 0 spiro atoms. The molecule has 0 aliphatic carbocycles. The Hall–Kier alpha value is -3.15. The van der Waals surface area contributed by atoms with Crippen molar-refractivity contribution in [2.24, 2.45) is 0 Å². The fraction of sp³-hybridized carbons (Fsp3) is 0. The summed E-state index contributed by atoms with van der Waals surface area (Å²) < 4.78 is 0. The Morgan fingerprint density at radius 1 is 1.14 bits per heavy atom. The summed E-state index contributed by atoms with van der Waals surface area (Å²) in [6.45, 7) is 0. The van der Waals surface area contributed by atoms with E-state index in [1.54, 1.807) is 12.1 Å². The van der Waals surface area contributed by atoms with Crippen LogP contribution in [-0.2, 0) is 0 Å². The van der Waals surface area contributed by atoms with E-state index in [-0.39, 0.29) is 22.8 Å². The van der Waals surface area contributed by atoms with E-state index in [1.807, 2.05) is 0 Å². The molecule has 0 unspecified atom stereocenters. The number of benzene rings is 2. The Morgan fingerprint density at radius 2 is 1.81 bits per heavy atom. The fourth-order valence-corrected chi connectivity index (χ4v) is 1.66. The summed E-state index contributed by atoms with van der Waals surface area (Å²) in [5.41, 5.74) is 0.816. The van der Waals surface area contributed by atoms with E-state index in [0.717, 1.165) is 0 Å². The second-order valence-corrected chi connectivity index (χ2v) is 4.16. The number of rotatable bonds is 5. The third-order valence-electron chi connectivity index (χ3n) is 2.73. The van der Waals surface area contributed by atoms with Gasteiger partial charge in [-0.1, -0.05) is 12.1 Å². The lowest BCUT2D eigenvalue weighted by atomic mass is 10.1. The van der Waals surface area contributed by atoms with E-state index >= 15 is 0 Å². The Bertz CT molecular complexity index is 693. The molecule has 0 heterocycles. The molecule has 0 saturated carbocycles. The second-order valence-electron chi connectivity index (χ2n) is 4.16. The van der Waals surface area contributed by atoms with E-state index in [2.05, 4.69) is 5.32 Å². The van der Waals surface area contributed by atoms with Gasteiger partial charge in [0.2, 0.25) is 0 Å². The third kappa shape index (κ3) is 3.66. The van der Waals surface area contributed by atoms with Crippen molar-refractivity contribution in [3.63, 3.8) is 0 Å². The number of phenols is 1. The summed E-state index contributed by atoms with van der Waals surface area (Å²) in [5.74, 6) is -0.426. The number of phenolic OH excluding ortho intramolecular Hbond substituents is 1. The number of aromatic hydroxyl groups is 1. The molecule has 2 aromatic rings. The maximum atomic E-state index is 11.8. The molecule has 6 nitrogen and oxygen atoms in total. The number of anilines is 1. The van der Waals surface area contributed by atoms with Crippen molar-refractivity contribution in [2.45, 2.75) is 0 Å². The smallest absolute Gasteiger partial charge is 0.269 e. The molecule has 0 bridgehead atoms. The summed E-state index contributed by atoms with van der Waals surface area (Å²) in [4.78, 5) is 21.8. The SMILES string of the molecule is O=C(/C=C/Nc1ccc([N+](=O)[O-])cc1)c1ccccc1O. The lowest BCUT2D eigenvalue weighted by Gasteiger charge is -2.01. The molecule has 0 amide bonds. The molecular formula is C15H12N2O4. The van der Waals surface area contributed by atoms with Gasteiger partial charge in [-0.25, -0.2) is 0 Å². The van der Waals surface area contributed by atoms with Crippen LogP contribution in [0, 0.1) is 10.1 Å². The number of nitro groups is 1. The first-order chi connectivity index (χ1) is 10.1. The number of hydrogen-bond donors (Lipinski definition) is 2. The predicted molar refractivity (Wildman–Crippen MR) is 78.3 cm³/mol. The first-order valence-corrected chi connectivity index (χ1v) is 6.08. The topological polar surface area (TPSA) is 92.5 Å². The molecule has 0 saturated heterocycles. The monoisotopic (exact) mass is 284 g/mol. The Morgan fingerprint density at radius 3 is 2.43 bits per heavy atom. The molecule has 2 aromatic carbocycles. The highest BCUT2D eigenvalue weighted by Gasteiger charge is 2.06. The van der Waals surface area contributed by atoms with Gasteiger partial charge in [0.05, 0.1) is 10.5 Å². The van der Waals surface area contributed by atoms with Crippen molar-refractivity contribution in [1.82, 2.24) is 0 Å². The Balaban J connectivity index is 2.01. The number of allylic oxidation sites excluding steroid dienone is 1. The average Bonchev–Trinajstić information content (AvgIpc) is 2.48. The highest BCUT2D eigenvalue weighted by atomic mass is 16.6. The van der Waals surface area contributed by atoms with Crippen LogP contribution in [0.4, 0.5) is 11.4 Å². The highest BCUT2D eigenvalue weighted by molar-refractivity contribution is 6.06. The van der Waals surface area contributed by atoms with E-state index < -0.39 is 4.92 Å². The van der Waals surface area contributed by atoms with Gasteiger partial charge < -0.3 is 10.4 Å². The summed E-state index contributed by atoms with van der Waals surface area (Å²) in [5, 5.41) is 22.9. The minimum Gasteiger partial charge on any atom is -0.507 e. The summed E-state index contributed by atoms with van der Waals surface area (Å²) in [6, 6.07) is 12.0. The first kappa shape index (κ1) is 14.3. The number of nitrogens with one attached hydrogen (secondary N) is 1. The van der Waals surface area contributed by atoms with Crippen molar-refractivity contribution in [3.05, 3.63) is 76.5 Å². The maximum absolute atomic E-state index is 11.8. The molecule has 0 aliphatic rings. The third-order valence-corrected chi connectivity index (χ3v) is 2.73. The zero-order valence-corrected chi connectivity index (χ0v) is 10.9. The van der Waals surface area contributed by atoms with Crippen LogP contribution in [0.15, 0.2) is 60.8 Å². The lowest BCUT2D eigenvalue weighted by molar-refractivity contribution is -0.384. The predicted octanol–water partition coefficient (Wildman–Crippen LogP) is 3.11. The van der Waals surface area contributed by atoms with Gasteiger partial charge >= 0.3 is 0 Å². The van der Waals surface area contributed by atoms with E-state index in [4.69, 9.17) is 0 Å². The average molecular weight is 284 g/mol. The number of non-ortho nitro benzene ring substituents is 1. The summed E-state index contributed by atoms with van der Waals surface area (Å²) in [7, 11) is 0. The largest absolute Gasteiger partial charge is 0.507 e. The molecule has 0 atom stereocenters. The standard InChI is InChI=1S/C15H12N2O4/c18-14-4-2-1-3-13(14)15(19)9-10-16-11-5-7-12(8-6-11)17(20)21/h1-10,16,18H/b10-9+. The van der Waals surface area contributed by atoms with Crippen LogP contribution < -0.4 is 5.32 Å². The minimum atomic E-state index is -0.485. The molecule has 0 fully saturated rings. The summed E-state index contributed by atoms with van der Waals surface area (Å²) in [6.07, 6.45) is 2.69. The molecular weight excluding hydrogens is 272 g/mol. The van der Waals surface area contributed by atoms with Gasteiger partial charge in [0, 0.05) is 30.1 Å². The molecule has 6 heteroatoms.